The van der Waals surface area contributed by atoms with Gasteiger partial charge in [-0.25, -0.2) is 4.68 Å². The standard InChI is InChI=1S/C10H9BrClN3/c1-7(11)10-6-15(14-13-10)9-4-2-3-8(12)5-9/h2-7H,1H3. The molecule has 0 bridgehead atoms. The molecule has 0 saturated carbocycles. The number of hydrogen-bond donors (Lipinski definition) is 0. The molecule has 1 atom stereocenters. The van der Waals surface area contributed by atoms with Crippen LogP contribution in [-0.2, 0) is 0 Å². The summed E-state index contributed by atoms with van der Waals surface area (Å²) in [6.45, 7) is 2.01. The molecule has 3 nitrogen and oxygen atoms in total. The number of hydrogen-bond acceptors (Lipinski definition) is 2. The lowest BCUT2D eigenvalue weighted by Gasteiger charge is -1.99. The predicted octanol–water partition coefficient (Wildman–Crippen LogP) is 3.38. The highest BCUT2D eigenvalue weighted by Crippen LogP contribution is 2.20. The molecule has 1 aromatic heterocycles. The lowest BCUT2D eigenvalue weighted by Crippen LogP contribution is -1.93. The van der Waals surface area contributed by atoms with E-state index in [0.717, 1.165) is 11.4 Å². The second-order valence-electron chi connectivity index (χ2n) is 3.18. The van der Waals surface area contributed by atoms with E-state index in [4.69, 9.17) is 11.6 Å². The van der Waals surface area contributed by atoms with Gasteiger partial charge >= 0.3 is 0 Å². The molecule has 15 heavy (non-hydrogen) atoms. The molecule has 0 radical (unpaired) electrons. The van der Waals surface area contributed by atoms with Gasteiger partial charge in [-0.15, -0.1) is 5.10 Å². The molecule has 1 aromatic carbocycles. The summed E-state index contributed by atoms with van der Waals surface area (Å²) < 4.78 is 1.71. The molecule has 0 spiro atoms. The van der Waals surface area contributed by atoms with Crippen molar-refractivity contribution >= 4 is 27.5 Å². The summed E-state index contributed by atoms with van der Waals surface area (Å²) in [6.07, 6.45) is 1.88. The summed E-state index contributed by atoms with van der Waals surface area (Å²) in [5, 5.41) is 8.76. The number of rotatable bonds is 2. The Balaban J connectivity index is 2.37. The van der Waals surface area contributed by atoms with Crippen molar-refractivity contribution in [3.8, 4) is 5.69 Å². The lowest BCUT2D eigenvalue weighted by molar-refractivity contribution is 0.797. The van der Waals surface area contributed by atoms with E-state index in [-0.39, 0.29) is 4.83 Å². The van der Waals surface area contributed by atoms with Crippen LogP contribution in [0.25, 0.3) is 5.69 Å². The molecule has 2 aromatic rings. The molecule has 0 amide bonds. The fourth-order valence-corrected chi connectivity index (χ4v) is 1.60. The van der Waals surface area contributed by atoms with Gasteiger partial charge in [-0.3, -0.25) is 0 Å². The van der Waals surface area contributed by atoms with Gasteiger partial charge in [0.2, 0.25) is 0 Å². The first-order valence-corrected chi connectivity index (χ1v) is 5.78. The molecule has 0 fully saturated rings. The summed E-state index contributed by atoms with van der Waals surface area (Å²) in [7, 11) is 0. The van der Waals surface area contributed by atoms with Crippen LogP contribution in [0, 0.1) is 0 Å². The second-order valence-corrected chi connectivity index (χ2v) is 4.99. The van der Waals surface area contributed by atoms with Crippen LogP contribution in [0.1, 0.15) is 17.4 Å². The molecule has 1 unspecified atom stereocenters. The van der Waals surface area contributed by atoms with Crippen LogP contribution >= 0.6 is 27.5 Å². The van der Waals surface area contributed by atoms with Crippen LogP contribution in [-0.4, -0.2) is 15.0 Å². The van der Waals surface area contributed by atoms with Crippen LogP contribution in [0.2, 0.25) is 5.02 Å². The van der Waals surface area contributed by atoms with Gasteiger partial charge in [0, 0.05) is 5.02 Å². The third-order valence-electron chi connectivity index (χ3n) is 1.99. The lowest BCUT2D eigenvalue weighted by atomic mass is 10.3. The number of nitrogens with zero attached hydrogens (tertiary/aromatic N) is 3. The van der Waals surface area contributed by atoms with Crippen molar-refractivity contribution in [2.45, 2.75) is 11.8 Å². The molecular weight excluding hydrogens is 277 g/mol. The van der Waals surface area contributed by atoms with E-state index in [1.807, 2.05) is 37.4 Å². The van der Waals surface area contributed by atoms with E-state index in [0.29, 0.717) is 5.02 Å². The fourth-order valence-electron chi connectivity index (χ4n) is 1.20. The van der Waals surface area contributed by atoms with E-state index in [1.165, 1.54) is 0 Å². The normalized spacial score (nSPS) is 12.7. The van der Waals surface area contributed by atoms with Crippen LogP contribution in [0.3, 0.4) is 0 Å². The largest absolute Gasteiger partial charge is 0.220 e. The number of halogens is 2. The maximum absolute atomic E-state index is 5.89. The monoisotopic (exact) mass is 285 g/mol. The van der Waals surface area contributed by atoms with Crippen molar-refractivity contribution in [3.63, 3.8) is 0 Å². The Bertz CT molecular complexity index is 467. The van der Waals surface area contributed by atoms with Gasteiger partial charge < -0.3 is 0 Å². The Hall–Kier alpha value is -0.870. The van der Waals surface area contributed by atoms with Gasteiger partial charge in [-0.05, 0) is 25.1 Å². The molecule has 1 heterocycles. The van der Waals surface area contributed by atoms with Crippen molar-refractivity contribution in [2.75, 3.05) is 0 Å². The van der Waals surface area contributed by atoms with E-state index < -0.39 is 0 Å². The molecule has 0 aliphatic carbocycles. The Kier molecular flexibility index (Phi) is 3.07. The Morgan fingerprint density at radius 2 is 2.27 bits per heavy atom. The Labute approximate surface area is 101 Å². The summed E-state index contributed by atoms with van der Waals surface area (Å²) in [5.41, 5.74) is 1.81. The minimum atomic E-state index is 0.199. The Morgan fingerprint density at radius 3 is 2.87 bits per heavy atom. The van der Waals surface area contributed by atoms with Crippen molar-refractivity contribution in [1.29, 1.82) is 0 Å². The second kappa shape index (κ2) is 4.33. The zero-order valence-electron chi connectivity index (χ0n) is 8.06. The van der Waals surface area contributed by atoms with E-state index in [1.54, 1.807) is 4.68 Å². The van der Waals surface area contributed by atoms with Gasteiger partial charge in [0.05, 0.1) is 22.4 Å². The van der Waals surface area contributed by atoms with Gasteiger partial charge in [0.1, 0.15) is 0 Å². The van der Waals surface area contributed by atoms with Crippen LogP contribution in [0.4, 0.5) is 0 Å². The molecule has 0 N–H and O–H groups in total. The Morgan fingerprint density at radius 1 is 1.47 bits per heavy atom. The molecule has 0 saturated heterocycles. The number of benzene rings is 1. The van der Waals surface area contributed by atoms with Crippen molar-refractivity contribution in [3.05, 3.63) is 41.2 Å². The minimum Gasteiger partial charge on any atom is -0.220 e. The molecule has 2 rings (SSSR count). The number of alkyl halides is 1. The number of aromatic nitrogens is 3. The maximum Gasteiger partial charge on any atom is 0.0965 e. The maximum atomic E-state index is 5.89. The average molecular weight is 287 g/mol. The van der Waals surface area contributed by atoms with Gasteiger partial charge in [-0.2, -0.15) is 0 Å². The third kappa shape index (κ3) is 2.38. The highest BCUT2D eigenvalue weighted by atomic mass is 79.9. The first-order valence-electron chi connectivity index (χ1n) is 4.49. The van der Waals surface area contributed by atoms with Crippen molar-refractivity contribution in [2.24, 2.45) is 0 Å². The fraction of sp³-hybridized carbons (Fsp3) is 0.200. The predicted molar refractivity (Wildman–Crippen MR) is 63.7 cm³/mol. The zero-order chi connectivity index (χ0) is 10.8. The van der Waals surface area contributed by atoms with Crippen molar-refractivity contribution < 1.29 is 0 Å². The summed E-state index contributed by atoms with van der Waals surface area (Å²) >= 11 is 9.33. The summed E-state index contributed by atoms with van der Waals surface area (Å²) in [5.74, 6) is 0. The van der Waals surface area contributed by atoms with Crippen molar-refractivity contribution in [1.82, 2.24) is 15.0 Å². The molecule has 0 aliphatic heterocycles. The van der Waals surface area contributed by atoms with E-state index in [2.05, 4.69) is 26.2 Å². The first-order chi connectivity index (χ1) is 7.16. The van der Waals surface area contributed by atoms with Gasteiger partial charge in [0.15, 0.2) is 0 Å². The molecular formula is C10H9BrClN3. The summed E-state index contributed by atoms with van der Waals surface area (Å²) in [4.78, 5) is 0.199. The molecule has 0 aliphatic rings. The zero-order valence-corrected chi connectivity index (χ0v) is 10.4. The SMILES string of the molecule is CC(Br)c1cn(-c2cccc(Cl)c2)nn1. The van der Waals surface area contributed by atoms with E-state index in [9.17, 15) is 0 Å². The van der Waals surface area contributed by atoms with E-state index >= 15 is 0 Å². The summed E-state index contributed by atoms with van der Waals surface area (Å²) in [6, 6.07) is 7.49. The van der Waals surface area contributed by atoms with Crippen LogP contribution in [0.5, 0.6) is 0 Å². The minimum absolute atomic E-state index is 0.199. The van der Waals surface area contributed by atoms with Gasteiger partial charge in [-0.1, -0.05) is 38.8 Å². The smallest absolute Gasteiger partial charge is 0.0965 e. The average Bonchev–Trinajstić information content (AvgIpc) is 2.66. The molecule has 78 valence electrons. The highest BCUT2D eigenvalue weighted by Gasteiger charge is 2.07. The quantitative estimate of drug-likeness (QED) is 0.792. The first kappa shape index (κ1) is 10.6. The molecule has 5 heteroatoms. The van der Waals surface area contributed by atoms with Crippen LogP contribution < -0.4 is 0 Å². The highest BCUT2D eigenvalue weighted by molar-refractivity contribution is 9.09. The topological polar surface area (TPSA) is 30.7 Å². The van der Waals surface area contributed by atoms with Gasteiger partial charge in [0.25, 0.3) is 0 Å². The van der Waals surface area contributed by atoms with Crippen LogP contribution in [0.15, 0.2) is 30.5 Å². The third-order valence-corrected chi connectivity index (χ3v) is 2.70.